The highest BCUT2D eigenvalue weighted by Crippen LogP contribution is 2.10. The zero-order chi connectivity index (χ0) is 11.8. The minimum Gasteiger partial charge on any atom is -0.370 e. The summed E-state index contributed by atoms with van der Waals surface area (Å²) < 4.78 is 0. The zero-order valence-electron chi connectivity index (χ0n) is 10.3. The number of likely N-dealkylation sites (tertiary alicyclic amines) is 1. The monoisotopic (exact) mass is 227 g/mol. The van der Waals surface area contributed by atoms with Crippen LogP contribution < -0.4 is 16.4 Å². The van der Waals surface area contributed by atoms with Crippen molar-refractivity contribution < 1.29 is 0 Å². The summed E-state index contributed by atoms with van der Waals surface area (Å²) in [6.07, 6.45) is 4.88. The van der Waals surface area contributed by atoms with E-state index in [-0.39, 0.29) is 5.96 Å². The number of nitrogens with zero attached hydrogens (tertiary/aromatic N) is 1. The lowest BCUT2D eigenvalue weighted by atomic mass is 10.1. The van der Waals surface area contributed by atoms with Gasteiger partial charge in [0.15, 0.2) is 5.96 Å². The van der Waals surface area contributed by atoms with Crippen molar-refractivity contribution in [2.24, 2.45) is 5.73 Å². The summed E-state index contributed by atoms with van der Waals surface area (Å²) in [5, 5.41) is 13.3. The van der Waals surface area contributed by atoms with Gasteiger partial charge in [-0.25, -0.2) is 0 Å². The highest BCUT2D eigenvalue weighted by atomic mass is 15.1. The summed E-state index contributed by atoms with van der Waals surface area (Å²) >= 11 is 0. The molecule has 0 aromatic rings. The molecule has 1 heterocycles. The zero-order valence-corrected chi connectivity index (χ0v) is 10.3. The predicted octanol–water partition coefficient (Wildman–Crippen LogP) is -0.0665. The van der Waals surface area contributed by atoms with Crippen LogP contribution in [0.25, 0.3) is 0 Å². The third-order valence-corrected chi connectivity index (χ3v) is 3.20. The molecule has 0 aromatic carbocycles. The van der Waals surface area contributed by atoms with Gasteiger partial charge in [-0.3, -0.25) is 5.41 Å². The topological polar surface area (TPSA) is 77.2 Å². The van der Waals surface area contributed by atoms with Gasteiger partial charge >= 0.3 is 0 Å². The Balaban J connectivity index is 2.10. The molecule has 1 aliphatic rings. The summed E-state index contributed by atoms with van der Waals surface area (Å²) in [6.45, 7) is 4.31. The number of hydrogen-bond donors (Lipinski definition) is 4. The molecule has 1 rings (SSSR count). The Morgan fingerprint density at radius 3 is 2.94 bits per heavy atom. The van der Waals surface area contributed by atoms with Crippen molar-refractivity contribution in [2.45, 2.75) is 31.7 Å². The molecular weight excluding hydrogens is 202 g/mol. The van der Waals surface area contributed by atoms with E-state index in [0.717, 1.165) is 19.5 Å². The summed E-state index contributed by atoms with van der Waals surface area (Å²) in [7, 11) is 2.05. The fraction of sp³-hybridized carbons (Fsp3) is 0.909. The molecule has 5 N–H and O–H groups in total. The summed E-state index contributed by atoms with van der Waals surface area (Å²) in [6, 6.07) is 0.695. The molecule has 0 aromatic heterocycles. The smallest absolute Gasteiger partial charge is 0.185 e. The summed E-state index contributed by atoms with van der Waals surface area (Å²) in [5.41, 5.74) is 5.22. The van der Waals surface area contributed by atoms with Gasteiger partial charge in [-0.05, 0) is 52.4 Å². The average Bonchev–Trinajstić information content (AvgIpc) is 2.49. The van der Waals surface area contributed by atoms with Gasteiger partial charge in [-0.2, -0.15) is 0 Å². The first-order chi connectivity index (χ1) is 7.72. The van der Waals surface area contributed by atoms with E-state index in [1.165, 1.54) is 32.4 Å². The van der Waals surface area contributed by atoms with Gasteiger partial charge in [0.1, 0.15) is 0 Å². The molecule has 1 unspecified atom stereocenters. The maximum atomic E-state index is 7.05. The third-order valence-electron chi connectivity index (χ3n) is 3.20. The molecule has 0 amide bonds. The van der Waals surface area contributed by atoms with Gasteiger partial charge in [-0.1, -0.05) is 0 Å². The molecule has 1 saturated heterocycles. The molecule has 1 atom stereocenters. The molecule has 0 bridgehead atoms. The quantitative estimate of drug-likeness (QED) is 0.301. The minimum atomic E-state index is 0.0751. The number of nitrogens with one attached hydrogen (secondary N) is 3. The van der Waals surface area contributed by atoms with E-state index in [2.05, 4.69) is 22.6 Å². The standard InChI is InChI=1S/C11H25N5/c1-14-10-4-2-7-16(9-5-10)8-3-6-15-11(12)13/h10,14H,2-9H2,1H3,(H4,12,13,15). The van der Waals surface area contributed by atoms with Crippen LogP contribution in [0.4, 0.5) is 0 Å². The van der Waals surface area contributed by atoms with E-state index in [4.69, 9.17) is 11.1 Å². The molecule has 5 nitrogen and oxygen atoms in total. The van der Waals surface area contributed by atoms with Crippen LogP contribution in [0.5, 0.6) is 0 Å². The van der Waals surface area contributed by atoms with Crippen LogP contribution in [0.2, 0.25) is 0 Å². The lowest BCUT2D eigenvalue weighted by molar-refractivity contribution is 0.279. The fourth-order valence-electron chi connectivity index (χ4n) is 2.19. The highest BCUT2D eigenvalue weighted by Gasteiger charge is 2.14. The molecule has 5 heteroatoms. The second-order valence-corrected chi connectivity index (χ2v) is 4.45. The molecule has 0 radical (unpaired) electrons. The Labute approximate surface area is 98.3 Å². The first-order valence-electron chi connectivity index (χ1n) is 6.20. The van der Waals surface area contributed by atoms with Crippen LogP contribution in [0.1, 0.15) is 25.7 Å². The van der Waals surface area contributed by atoms with Crippen LogP contribution >= 0.6 is 0 Å². The number of rotatable bonds is 5. The van der Waals surface area contributed by atoms with E-state index < -0.39 is 0 Å². The van der Waals surface area contributed by atoms with E-state index in [9.17, 15) is 0 Å². The van der Waals surface area contributed by atoms with Crippen molar-refractivity contribution in [2.75, 3.05) is 33.2 Å². The van der Waals surface area contributed by atoms with Gasteiger partial charge < -0.3 is 21.3 Å². The van der Waals surface area contributed by atoms with Gasteiger partial charge in [0.05, 0.1) is 0 Å². The second kappa shape index (κ2) is 7.46. The molecule has 94 valence electrons. The normalized spacial score (nSPS) is 22.7. The number of guanidine groups is 1. The lowest BCUT2D eigenvalue weighted by Crippen LogP contribution is -2.34. The Hall–Kier alpha value is -0.810. The van der Waals surface area contributed by atoms with Crippen LogP contribution in [-0.2, 0) is 0 Å². The van der Waals surface area contributed by atoms with Crippen molar-refractivity contribution in [3.05, 3.63) is 0 Å². The van der Waals surface area contributed by atoms with Crippen molar-refractivity contribution in [3.63, 3.8) is 0 Å². The van der Waals surface area contributed by atoms with Crippen LogP contribution in [0.15, 0.2) is 0 Å². The van der Waals surface area contributed by atoms with Gasteiger partial charge in [0.2, 0.25) is 0 Å². The van der Waals surface area contributed by atoms with Crippen molar-refractivity contribution >= 4 is 5.96 Å². The van der Waals surface area contributed by atoms with Crippen molar-refractivity contribution in [3.8, 4) is 0 Å². The van der Waals surface area contributed by atoms with E-state index >= 15 is 0 Å². The van der Waals surface area contributed by atoms with E-state index in [1.807, 2.05) is 0 Å². The Morgan fingerprint density at radius 2 is 2.25 bits per heavy atom. The number of nitrogens with two attached hydrogens (primary N) is 1. The first-order valence-corrected chi connectivity index (χ1v) is 6.20. The predicted molar refractivity (Wildman–Crippen MR) is 67.7 cm³/mol. The molecule has 1 aliphatic heterocycles. The van der Waals surface area contributed by atoms with E-state index in [1.54, 1.807) is 0 Å². The largest absolute Gasteiger partial charge is 0.370 e. The second-order valence-electron chi connectivity index (χ2n) is 4.45. The van der Waals surface area contributed by atoms with Crippen LogP contribution in [-0.4, -0.2) is 50.1 Å². The van der Waals surface area contributed by atoms with E-state index in [0.29, 0.717) is 6.04 Å². The molecule has 1 fully saturated rings. The van der Waals surface area contributed by atoms with Gasteiger partial charge in [0, 0.05) is 12.6 Å². The third kappa shape index (κ3) is 5.32. The average molecular weight is 227 g/mol. The van der Waals surface area contributed by atoms with Crippen LogP contribution in [0, 0.1) is 5.41 Å². The first kappa shape index (κ1) is 13.3. The Kier molecular flexibility index (Phi) is 6.18. The number of hydrogen-bond acceptors (Lipinski definition) is 3. The molecular formula is C11H25N5. The Bertz CT molecular complexity index is 207. The summed E-state index contributed by atoms with van der Waals surface area (Å²) in [5.74, 6) is 0.0751. The van der Waals surface area contributed by atoms with Gasteiger partial charge in [-0.15, -0.1) is 0 Å². The maximum absolute atomic E-state index is 7.05. The molecule has 0 aliphatic carbocycles. The van der Waals surface area contributed by atoms with Gasteiger partial charge in [0.25, 0.3) is 0 Å². The highest BCUT2D eigenvalue weighted by molar-refractivity contribution is 5.74. The fourth-order valence-corrected chi connectivity index (χ4v) is 2.19. The van der Waals surface area contributed by atoms with Crippen molar-refractivity contribution in [1.29, 1.82) is 5.41 Å². The molecule has 16 heavy (non-hydrogen) atoms. The lowest BCUT2D eigenvalue weighted by Gasteiger charge is -2.20. The minimum absolute atomic E-state index is 0.0751. The Morgan fingerprint density at radius 1 is 1.44 bits per heavy atom. The van der Waals surface area contributed by atoms with Crippen LogP contribution in [0.3, 0.4) is 0 Å². The molecule has 0 saturated carbocycles. The summed E-state index contributed by atoms with van der Waals surface area (Å²) in [4.78, 5) is 2.51. The molecule has 0 spiro atoms. The van der Waals surface area contributed by atoms with Crippen molar-refractivity contribution in [1.82, 2.24) is 15.5 Å². The maximum Gasteiger partial charge on any atom is 0.185 e. The SMILES string of the molecule is CNC1CCCN(CCCNC(=N)N)CC1.